The Morgan fingerprint density at radius 1 is 1.07 bits per heavy atom. The van der Waals surface area contributed by atoms with Gasteiger partial charge in [-0.15, -0.1) is 0 Å². The molecule has 0 saturated heterocycles. The van der Waals surface area contributed by atoms with E-state index >= 15 is 0 Å². The van der Waals surface area contributed by atoms with Gasteiger partial charge in [0.15, 0.2) is 0 Å². The van der Waals surface area contributed by atoms with E-state index in [1.54, 1.807) is 0 Å². The van der Waals surface area contributed by atoms with Gasteiger partial charge in [0.1, 0.15) is 0 Å². The molecule has 27 heavy (non-hydrogen) atoms. The first kappa shape index (κ1) is 19.4. The van der Waals surface area contributed by atoms with Crippen LogP contribution in [0.25, 0.3) is 0 Å². The van der Waals surface area contributed by atoms with Gasteiger partial charge in [-0.2, -0.15) is 0 Å². The van der Waals surface area contributed by atoms with Crippen molar-refractivity contribution >= 4 is 0 Å². The Morgan fingerprint density at radius 2 is 1.70 bits per heavy atom. The van der Waals surface area contributed by atoms with Gasteiger partial charge in [-0.1, -0.05) is 37.3 Å². The minimum Gasteiger partial charge on any atom is -0.389 e. The number of aliphatic hydroxyl groups is 1. The minimum absolute atomic E-state index is 0.398. The second-order valence-electron chi connectivity index (χ2n) is 9.71. The standard InChI is InChI=1S/C24H37NO2/c1-2-25(16-19-6-4-3-5-7-19)17-23(26)18-27-9-8-24-13-20-10-21(14-24)12-22(11-20)15-24/h3-7,20-23,26H,2,8-18H2,1H3. The molecule has 4 fully saturated rings. The van der Waals surface area contributed by atoms with E-state index in [0.717, 1.165) is 37.5 Å². The van der Waals surface area contributed by atoms with Crippen molar-refractivity contribution in [3.05, 3.63) is 35.9 Å². The van der Waals surface area contributed by atoms with Gasteiger partial charge in [0, 0.05) is 19.7 Å². The maximum absolute atomic E-state index is 10.4. The number of aliphatic hydroxyl groups excluding tert-OH is 1. The van der Waals surface area contributed by atoms with Crippen molar-refractivity contribution in [2.24, 2.45) is 23.2 Å². The number of hydrogen-bond donors (Lipinski definition) is 1. The Balaban J connectivity index is 1.17. The monoisotopic (exact) mass is 371 g/mol. The molecule has 0 amide bonds. The van der Waals surface area contributed by atoms with Gasteiger partial charge in [-0.3, -0.25) is 4.90 Å². The smallest absolute Gasteiger partial charge is 0.0900 e. The summed E-state index contributed by atoms with van der Waals surface area (Å²) >= 11 is 0. The van der Waals surface area contributed by atoms with Crippen LogP contribution in [0.5, 0.6) is 0 Å². The molecule has 0 aromatic heterocycles. The molecule has 1 aromatic carbocycles. The Labute approximate surface area is 165 Å². The van der Waals surface area contributed by atoms with Crippen LogP contribution in [0.1, 0.15) is 57.4 Å². The second kappa shape index (κ2) is 8.63. The van der Waals surface area contributed by atoms with E-state index in [4.69, 9.17) is 4.74 Å². The van der Waals surface area contributed by atoms with Crippen LogP contribution in [0.15, 0.2) is 30.3 Å². The largest absolute Gasteiger partial charge is 0.389 e. The van der Waals surface area contributed by atoms with Crippen LogP contribution >= 0.6 is 0 Å². The molecule has 4 aliphatic carbocycles. The zero-order chi connectivity index (χ0) is 18.7. The fourth-order valence-electron chi connectivity index (χ4n) is 6.60. The normalized spacial score (nSPS) is 32.9. The predicted molar refractivity (Wildman–Crippen MR) is 109 cm³/mol. The van der Waals surface area contributed by atoms with Crippen molar-refractivity contribution in [2.75, 3.05) is 26.3 Å². The molecule has 1 N–H and O–H groups in total. The fourth-order valence-corrected chi connectivity index (χ4v) is 6.60. The molecule has 3 nitrogen and oxygen atoms in total. The summed E-state index contributed by atoms with van der Waals surface area (Å²) in [4.78, 5) is 2.29. The van der Waals surface area contributed by atoms with Crippen LogP contribution < -0.4 is 0 Å². The molecular formula is C24H37NO2. The lowest BCUT2D eigenvalue weighted by Gasteiger charge is -2.57. The van der Waals surface area contributed by atoms with Gasteiger partial charge in [-0.05, 0) is 80.2 Å². The first-order valence-electron chi connectivity index (χ1n) is 11.2. The Kier molecular flexibility index (Phi) is 6.21. The van der Waals surface area contributed by atoms with Crippen molar-refractivity contribution in [2.45, 2.75) is 64.5 Å². The summed E-state index contributed by atoms with van der Waals surface area (Å²) in [5, 5.41) is 10.4. The van der Waals surface area contributed by atoms with E-state index in [1.807, 2.05) is 6.07 Å². The van der Waals surface area contributed by atoms with Crippen LogP contribution in [0.2, 0.25) is 0 Å². The Morgan fingerprint density at radius 3 is 2.30 bits per heavy atom. The molecule has 1 atom stereocenters. The molecule has 150 valence electrons. The van der Waals surface area contributed by atoms with E-state index in [2.05, 4.69) is 36.1 Å². The van der Waals surface area contributed by atoms with E-state index < -0.39 is 6.10 Å². The molecular weight excluding hydrogens is 334 g/mol. The van der Waals surface area contributed by atoms with Gasteiger partial charge in [0.05, 0.1) is 12.7 Å². The van der Waals surface area contributed by atoms with Crippen molar-refractivity contribution in [3.63, 3.8) is 0 Å². The molecule has 0 spiro atoms. The highest BCUT2D eigenvalue weighted by Gasteiger charge is 2.50. The lowest BCUT2D eigenvalue weighted by atomic mass is 9.49. The van der Waals surface area contributed by atoms with Gasteiger partial charge in [0.2, 0.25) is 0 Å². The number of nitrogens with zero attached hydrogens (tertiary/aromatic N) is 1. The van der Waals surface area contributed by atoms with E-state index in [0.29, 0.717) is 18.6 Å². The predicted octanol–water partition coefficient (Wildman–Crippen LogP) is 4.49. The molecule has 1 aromatic rings. The summed E-state index contributed by atoms with van der Waals surface area (Å²) in [5.41, 5.74) is 1.89. The minimum atomic E-state index is -0.398. The summed E-state index contributed by atoms with van der Waals surface area (Å²) in [6.07, 6.45) is 9.69. The van der Waals surface area contributed by atoms with E-state index in [1.165, 1.54) is 50.5 Å². The van der Waals surface area contributed by atoms with Crippen molar-refractivity contribution < 1.29 is 9.84 Å². The maximum Gasteiger partial charge on any atom is 0.0900 e. The summed E-state index contributed by atoms with van der Waals surface area (Å²) in [5.74, 6) is 3.04. The summed E-state index contributed by atoms with van der Waals surface area (Å²) < 4.78 is 5.95. The first-order chi connectivity index (χ1) is 13.1. The zero-order valence-electron chi connectivity index (χ0n) is 17.0. The number of benzene rings is 1. The molecule has 0 heterocycles. The Bertz CT molecular complexity index is 552. The topological polar surface area (TPSA) is 32.7 Å². The summed E-state index contributed by atoms with van der Waals surface area (Å²) in [7, 11) is 0. The molecule has 5 rings (SSSR count). The first-order valence-corrected chi connectivity index (χ1v) is 11.2. The SMILES string of the molecule is CCN(Cc1ccccc1)CC(O)COCCC12CC3CC(CC(C3)C1)C2. The quantitative estimate of drug-likeness (QED) is 0.615. The van der Waals surface area contributed by atoms with Crippen LogP contribution in [-0.4, -0.2) is 42.4 Å². The van der Waals surface area contributed by atoms with Crippen LogP contribution in [0.3, 0.4) is 0 Å². The lowest BCUT2D eigenvalue weighted by molar-refractivity contribution is -0.0741. The third-order valence-electron chi connectivity index (χ3n) is 7.42. The average Bonchev–Trinajstić information content (AvgIpc) is 2.64. The fraction of sp³-hybridized carbons (Fsp3) is 0.750. The van der Waals surface area contributed by atoms with Gasteiger partial charge in [-0.25, -0.2) is 0 Å². The highest BCUT2D eigenvalue weighted by molar-refractivity contribution is 5.14. The Hall–Kier alpha value is -0.900. The van der Waals surface area contributed by atoms with Crippen molar-refractivity contribution in [1.82, 2.24) is 4.90 Å². The second-order valence-corrected chi connectivity index (χ2v) is 9.71. The van der Waals surface area contributed by atoms with Gasteiger partial charge >= 0.3 is 0 Å². The molecule has 4 aliphatic rings. The van der Waals surface area contributed by atoms with Crippen LogP contribution in [0, 0.1) is 23.2 Å². The number of likely N-dealkylation sites (N-methyl/N-ethyl adjacent to an activating group) is 1. The molecule has 0 aliphatic heterocycles. The molecule has 1 unspecified atom stereocenters. The van der Waals surface area contributed by atoms with Crippen molar-refractivity contribution in [1.29, 1.82) is 0 Å². The number of rotatable bonds is 10. The summed E-state index contributed by atoms with van der Waals surface area (Å²) in [6.45, 7) is 5.97. The third kappa shape index (κ3) is 4.93. The van der Waals surface area contributed by atoms with E-state index in [-0.39, 0.29) is 0 Å². The van der Waals surface area contributed by atoms with Crippen LogP contribution in [0.4, 0.5) is 0 Å². The van der Waals surface area contributed by atoms with Gasteiger partial charge < -0.3 is 9.84 Å². The highest BCUT2D eigenvalue weighted by Crippen LogP contribution is 2.61. The molecule has 4 bridgehead atoms. The zero-order valence-corrected chi connectivity index (χ0v) is 17.0. The van der Waals surface area contributed by atoms with E-state index in [9.17, 15) is 5.11 Å². The molecule has 4 saturated carbocycles. The molecule has 3 heteroatoms. The maximum atomic E-state index is 10.4. The van der Waals surface area contributed by atoms with Gasteiger partial charge in [0.25, 0.3) is 0 Å². The lowest BCUT2D eigenvalue weighted by Crippen LogP contribution is -2.46. The highest BCUT2D eigenvalue weighted by atomic mass is 16.5. The summed E-state index contributed by atoms with van der Waals surface area (Å²) in [6, 6.07) is 10.5. The third-order valence-corrected chi connectivity index (χ3v) is 7.42. The van der Waals surface area contributed by atoms with Crippen molar-refractivity contribution in [3.8, 4) is 0 Å². The number of hydrogen-bond acceptors (Lipinski definition) is 3. The van der Waals surface area contributed by atoms with Crippen LogP contribution in [-0.2, 0) is 11.3 Å². The number of ether oxygens (including phenoxy) is 1. The molecule has 0 radical (unpaired) electrons. The average molecular weight is 372 g/mol.